The van der Waals surface area contributed by atoms with E-state index in [1.54, 1.807) is 0 Å². The van der Waals surface area contributed by atoms with Crippen molar-refractivity contribution in [3.8, 4) is 0 Å². The van der Waals surface area contributed by atoms with E-state index in [9.17, 15) is 0 Å². The molecule has 17 heavy (non-hydrogen) atoms. The molecule has 1 aliphatic heterocycles. The normalized spacial score (nSPS) is 42.4. The van der Waals surface area contributed by atoms with E-state index in [1.807, 2.05) is 0 Å². The first kappa shape index (κ1) is 12.0. The summed E-state index contributed by atoms with van der Waals surface area (Å²) in [5.74, 6) is 0.976. The molecular weight excluding hydrogens is 208 g/mol. The van der Waals surface area contributed by atoms with Crippen LogP contribution in [0.3, 0.4) is 0 Å². The molecule has 1 N–H and O–H groups in total. The van der Waals surface area contributed by atoms with E-state index in [-0.39, 0.29) is 0 Å². The summed E-state index contributed by atoms with van der Waals surface area (Å²) in [5.41, 5.74) is 0.490. The Morgan fingerprint density at radius 2 is 1.76 bits per heavy atom. The minimum absolute atomic E-state index is 0.490. The number of hydrogen-bond acceptors (Lipinski definition) is 2. The predicted molar refractivity (Wildman–Crippen MR) is 72.2 cm³/mol. The molecule has 0 bridgehead atoms. The molecule has 0 aromatic rings. The molecule has 3 aliphatic rings. The van der Waals surface area contributed by atoms with E-state index in [2.05, 4.69) is 24.1 Å². The quantitative estimate of drug-likeness (QED) is 0.753. The highest BCUT2D eigenvalue weighted by atomic mass is 15.3. The number of hydrogen-bond donors (Lipinski definition) is 1. The van der Waals surface area contributed by atoms with Gasteiger partial charge in [0.05, 0.1) is 0 Å². The lowest BCUT2D eigenvalue weighted by Gasteiger charge is -2.54. The van der Waals surface area contributed by atoms with Gasteiger partial charge in [0, 0.05) is 30.7 Å². The molecule has 1 unspecified atom stereocenters. The molecule has 2 heteroatoms. The maximum absolute atomic E-state index is 3.89. The van der Waals surface area contributed by atoms with Gasteiger partial charge in [0.15, 0.2) is 0 Å². The highest BCUT2D eigenvalue weighted by Crippen LogP contribution is 2.38. The molecule has 98 valence electrons. The summed E-state index contributed by atoms with van der Waals surface area (Å²) in [6.45, 7) is 7.35. The third-order valence-corrected chi connectivity index (χ3v) is 5.45. The van der Waals surface area contributed by atoms with Crippen LogP contribution in [0.1, 0.15) is 58.8 Å². The van der Waals surface area contributed by atoms with Gasteiger partial charge in [-0.1, -0.05) is 26.2 Å². The Kier molecular flexibility index (Phi) is 3.20. The molecule has 2 saturated carbocycles. The van der Waals surface area contributed by atoms with Crippen LogP contribution in [0, 0.1) is 5.92 Å². The Balaban J connectivity index is 1.66. The van der Waals surface area contributed by atoms with Gasteiger partial charge in [-0.2, -0.15) is 0 Å². The fourth-order valence-corrected chi connectivity index (χ4v) is 4.23. The lowest BCUT2D eigenvalue weighted by atomic mass is 9.75. The van der Waals surface area contributed by atoms with E-state index in [4.69, 9.17) is 0 Å². The second-order valence-electron chi connectivity index (χ2n) is 6.97. The lowest BCUT2D eigenvalue weighted by molar-refractivity contribution is -0.0120. The first-order chi connectivity index (χ1) is 8.19. The molecule has 2 aliphatic carbocycles. The van der Waals surface area contributed by atoms with Crippen LogP contribution in [-0.2, 0) is 0 Å². The van der Waals surface area contributed by atoms with Crippen molar-refractivity contribution in [1.29, 1.82) is 0 Å². The number of nitrogens with zero attached hydrogens (tertiary/aromatic N) is 1. The summed E-state index contributed by atoms with van der Waals surface area (Å²) in [6.07, 6.45) is 10.1. The van der Waals surface area contributed by atoms with Gasteiger partial charge in [0.1, 0.15) is 0 Å². The SMILES string of the molecule is CC1CC(N2CC3(CCCCC3)NCC2C)C1. The van der Waals surface area contributed by atoms with Crippen molar-refractivity contribution in [3.05, 3.63) is 0 Å². The highest BCUT2D eigenvalue weighted by molar-refractivity contribution is 5.02. The van der Waals surface area contributed by atoms with Gasteiger partial charge in [-0.05, 0) is 38.5 Å². The molecule has 0 aromatic heterocycles. The molecule has 1 heterocycles. The van der Waals surface area contributed by atoms with Gasteiger partial charge in [-0.3, -0.25) is 4.90 Å². The van der Waals surface area contributed by atoms with Crippen molar-refractivity contribution in [2.24, 2.45) is 5.92 Å². The van der Waals surface area contributed by atoms with Crippen molar-refractivity contribution in [2.75, 3.05) is 13.1 Å². The van der Waals surface area contributed by atoms with Gasteiger partial charge < -0.3 is 5.32 Å². The molecule has 1 saturated heterocycles. The van der Waals surface area contributed by atoms with E-state index >= 15 is 0 Å². The van der Waals surface area contributed by atoms with E-state index in [1.165, 1.54) is 58.0 Å². The van der Waals surface area contributed by atoms with Crippen molar-refractivity contribution in [3.63, 3.8) is 0 Å². The van der Waals surface area contributed by atoms with Crippen molar-refractivity contribution in [2.45, 2.75) is 76.4 Å². The van der Waals surface area contributed by atoms with E-state index in [0.717, 1.165) is 18.0 Å². The largest absolute Gasteiger partial charge is 0.308 e. The molecule has 3 rings (SSSR count). The van der Waals surface area contributed by atoms with Gasteiger partial charge in [-0.15, -0.1) is 0 Å². The fraction of sp³-hybridized carbons (Fsp3) is 1.00. The van der Waals surface area contributed by atoms with E-state index < -0.39 is 0 Å². The molecule has 0 radical (unpaired) electrons. The minimum atomic E-state index is 0.490. The average molecular weight is 236 g/mol. The highest BCUT2D eigenvalue weighted by Gasteiger charge is 2.43. The van der Waals surface area contributed by atoms with Gasteiger partial charge >= 0.3 is 0 Å². The lowest BCUT2D eigenvalue weighted by Crippen LogP contribution is -2.67. The van der Waals surface area contributed by atoms with Crippen LogP contribution in [0.25, 0.3) is 0 Å². The Morgan fingerprint density at radius 1 is 1.06 bits per heavy atom. The summed E-state index contributed by atoms with van der Waals surface area (Å²) in [5, 5.41) is 3.89. The molecule has 2 nitrogen and oxygen atoms in total. The summed E-state index contributed by atoms with van der Waals surface area (Å²) in [6, 6.07) is 1.65. The zero-order valence-corrected chi connectivity index (χ0v) is 11.5. The minimum Gasteiger partial charge on any atom is -0.308 e. The number of rotatable bonds is 1. The van der Waals surface area contributed by atoms with Crippen LogP contribution in [0.2, 0.25) is 0 Å². The molecule has 3 fully saturated rings. The molecular formula is C15H28N2. The van der Waals surface area contributed by atoms with Crippen molar-refractivity contribution < 1.29 is 0 Å². The van der Waals surface area contributed by atoms with Gasteiger partial charge in [-0.25, -0.2) is 0 Å². The first-order valence-electron chi connectivity index (χ1n) is 7.69. The third kappa shape index (κ3) is 2.26. The van der Waals surface area contributed by atoms with Gasteiger partial charge in [0.25, 0.3) is 0 Å². The summed E-state index contributed by atoms with van der Waals surface area (Å²) in [7, 11) is 0. The van der Waals surface area contributed by atoms with Crippen LogP contribution in [-0.4, -0.2) is 35.6 Å². The summed E-state index contributed by atoms with van der Waals surface area (Å²) in [4.78, 5) is 2.84. The van der Waals surface area contributed by atoms with Crippen LogP contribution >= 0.6 is 0 Å². The van der Waals surface area contributed by atoms with Crippen LogP contribution in [0.5, 0.6) is 0 Å². The molecule has 1 atom stereocenters. The van der Waals surface area contributed by atoms with E-state index in [0.29, 0.717) is 5.54 Å². The first-order valence-corrected chi connectivity index (χ1v) is 7.69. The van der Waals surface area contributed by atoms with Crippen LogP contribution in [0.4, 0.5) is 0 Å². The van der Waals surface area contributed by atoms with Crippen molar-refractivity contribution >= 4 is 0 Å². The van der Waals surface area contributed by atoms with Crippen LogP contribution in [0.15, 0.2) is 0 Å². The second kappa shape index (κ2) is 4.55. The number of nitrogens with one attached hydrogen (secondary N) is 1. The zero-order valence-electron chi connectivity index (χ0n) is 11.5. The predicted octanol–water partition coefficient (Wildman–Crippen LogP) is 2.78. The molecule has 0 aromatic carbocycles. The smallest absolute Gasteiger partial charge is 0.0309 e. The molecule has 1 spiro atoms. The summed E-state index contributed by atoms with van der Waals surface area (Å²) >= 11 is 0. The van der Waals surface area contributed by atoms with Gasteiger partial charge in [0.2, 0.25) is 0 Å². The fourth-order valence-electron chi connectivity index (χ4n) is 4.23. The zero-order chi connectivity index (χ0) is 11.9. The Hall–Kier alpha value is -0.0800. The van der Waals surface area contributed by atoms with Crippen LogP contribution < -0.4 is 5.32 Å². The monoisotopic (exact) mass is 236 g/mol. The maximum Gasteiger partial charge on any atom is 0.0309 e. The Labute approximate surface area is 106 Å². The molecule has 0 amide bonds. The summed E-state index contributed by atoms with van der Waals surface area (Å²) < 4.78 is 0. The third-order valence-electron chi connectivity index (χ3n) is 5.45. The Morgan fingerprint density at radius 3 is 2.41 bits per heavy atom. The topological polar surface area (TPSA) is 15.3 Å². The Bertz CT molecular complexity index is 264. The van der Waals surface area contributed by atoms with Crippen molar-refractivity contribution in [1.82, 2.24) is 10.2 Å². The number of piperazine rings is 1. The average Bonchev–Trinajstić information content (AvgIpc) is 2.30. The second-order valence-corrected chi connectivity index (χ2v) is 6.97. The standard InChI is InChI=1S/C15H28N2/c1-12-8-14(9-12)17-11-15(16-10-13(17)2)6-4-3-5-7-15/h12-14,16H,3-11H2,1-2H3. The maximum atomic E-state index is 3.89.